The molecule has 0 aliphatic heterocycles. The fourth-order valence-corrected chi connectivity index (χ4v) is 8.80. The monoisotopic (exact) mass is 698 g/mol. The summed E-state index contributed by atoms with van der Waals surface area (Å²) in [4.78, 5) is 5.28. The van der Waals surface area contributed by atoms with Crippen molar-refractivity contribution in [1.82, 2.24) is 9.55 Å². The third kappa shape index (κ3) is 5.00. The van der Waals surface area contributed by atoms with Crippen molar-refractivity contribution in [2.24, 2.45) is 0 Å². The van der Waals surface area contributed by atoms with Gasteiger partial charge in [-0.05, 0) is 90.5 Å². The molecule has 0 atom stereocenters. The Hall–Kier alpha value is -7.29. The Morgan fingerprint density at radius 1 is 0.327 bits per heavy atom. The molecule has 0 radical (unpaired) electrons. The van der Waals surface area contributed by atoms with E-state index in [4.69, 9.17) is 4.98 Å². The summed E-state index contributed by atoms with van der Waals surface area (Å²) in [7, 11) is 0. The van der Waals surface area contributed by atoms with Gasteiger partial charge in [0.25, 0.3) is 0 Å². The van der Waals surface area contributed by atoms with Gasteiger partial charge in [-0.15, -0.1) is 0 Å². The highest BCUT2D eigenvalue weighted by Gasteiger charge is 2.20. The van der Waals surface area contributed by atoms with Crippen molar-refractivity contribution in [3.8, 4) is 50.3 Å². The summed E-state index contributed by atoms with van der Waals surface area (Å²) in [6.45, 7) is 0. The third-order valence-electron chi connectivity index (χ3n) is 11.2. The molecular weight excluding hydrogens is 665 g/mol. The van der Waals surface area contributed by atoms with Crippen LogP contribution >= 0.6 is 0 Å². The van der Waals surface area contributed by atoms with Crippen LogP contribution in [0.5, 0.6) is 0 Å². The molecule has 0 saturated carbocycles. The minimum absolute atomic E-state index is 0.964. The molecular formula is C53H34N2. The Kier molecular flexibility index (Phi) is 7.21. The van der Waals surface area contributed by atoms with Crippen molar-refractivity contribution in [3.05, 3.63) is 206 Å². The van der Waals surface area contributed by atoms with E-state index in [0.717, 1.165) is 22.5 Å². The molecule has 256 valence electrons. The van der Waals surface area contributed by atoms with Crippen LogP contribution in [0.2, 0.25) is 0 Å². The lowest BCUT2D eigenvalue weighted by molar-refractivity contribution is 1.18. The van der Waals surface area contributed by atoms with Crippen LogP contribution in [-0.2, 0) is 0 Å². The van der Waals surface area contributed by atoms with Gasteiger partial charge in [-0.3, -0.25) is 4.98 Å². The average molecular weight is 699 g/mol. The molecule has 0 saturated heterocycles. The molecule has 0 aliphatic rings. The molecule has 2 aromatic heterocycles. The topological polar surface area (TPSA) is 17.8 Å². The molecule has 0 fully saturated rings. The summed E-state index contributed by atoms with van der Waals surface area (Å²) in [5, 5.41) is 9.84. The van der Waals surface area contributed by atoms with Gasteiger partial charge in [0.2, 0.25) is 0 Å². The minimum Gasteiger partial charge on any atom is -0.309 e. The lowest BCUT2D eigenvalue weighted by atomic mass is 9.86. The first-order chi connectivity index (χ1) is 27.3. The smallest absolute Gasteiger partial charge is 0.0714 e. The largest absolute Gasteiger partial charge is 0.309 e. The number of aromatic nitrogens is 2. The van der Waals surface area contributed by atoms with Crippen molar-refractivity contribution >= 4 is 54.1 Å². The number of hydrogen-bond acceptors (Lipinski definition) is 1. The molecule has 0 unspecified atom stereocenters. The predicted molar refractivity (Wildman–Crippen MR) is 233 cm³/mol. The van der Waals surface area contributed by atoms with E-state index < -0.39 is 0 Å². The highest BCUT2D eigenvalue weighted by atomic mass is 15.0. The highest BCUT2D eigenvalue weighted by molar-refractivity contribution is 6.25. The van der Waals surface area contributed by atoms with Crippen molar-refractivity contribution < 1.29 is 0 Å². The summed E-state index contributed by atoms with van der Waals surface area (Å²) in [6.07, 6.45) is 2.07. The predicted octanol–water partition coefficient (Wildman–Crippen LogP) is 14.3. The van der Waals surface area contributed by atoms with Gasteiger partial charge < -0.3 is 4.57 Å². The molecule has 9 aromatic carbocycles. The molecule has 0 amide bonds. The summed E-state index contributed by atoms with van der Waals surface area (Å²) < 4.78 is 2.40. The van der Waals surface area contributed by atoms with Gasteiger partial charge in [-0.25, -0.2) is 0 Å². The van der Waals surface area contributed by atoms with Crippen LogP contribution in [-0.4, -0.2) is 9.55 Å². The Morgan fingerprint density at radius 2 is 0.873 bits per heavy atom. The number of rotatable bonds is 5. The van der Waals surface area contributed by atoms with Gasteiger partial charge in [0.05, 0.1) is 16.7 Å². The van der Waals surface area contributed by atoms with Gasteiger partial charge >= 0.3 is 0 Å². The van der Waals surface area contributed by atoms with Crippen LogP contribution in [0.1, 0.15) is 0 Å². The normalized spacial score (nSPS) is 11.6. The zero-order valence-corrected chi connectivity index (χ0v) is 30.0. The summed E-state index contributed by atoms with van der Waals surface area (Å²) in [5.41, 5.74) is 12.8. The molecule has 0 N–H and O–H groups in total. The molecule has 0 aliphatic carbocycles. The first-order valence-corrected chi connectivity index (χ1v) is 18.9. The molecule has 0 bridgehead atoms. The molecule has 2 heterocycles. The van der Waals surface area contributed by atoms with Crippen LogP contribution in [0.3, 0.4) is 0 Å². The third-order valence-corrected chi connectivity index (χ3v) is 11.2. The van der Waals surface area contributed by atoms with E-state index in [-0.39, 0.29) is 0 Å². The molecule has 55 heavy (non-hydrogen) atoms. The van der Waals surface area contributed by atoms with Crippen molar-refractivity contribution in [3.63, 3.8) is 0 Å². The highest BCUT2D eigenvalue weighted by Crippen LogP contribution is 2.45. The van der Waals surface area contributed by atoms with Crippen molar-refractivity contribution in [1.29, 1.82) is 0 Å². The SMILES string of the molecule is c1ccc(-c2ccc(-c3c4ccccc4c(-c4ccc(-c5cccc6c5c5c7ccccc7ccc5n6-c5ccccc5)cn4)c4ccccc34)cc2)cc1. The second kappa shape index (κ2) is 12.7. The number of fused-ring (bicyclic) bond motifs is 7. The van der Waals surface area contributed by atoms with Gasteiger partial charge in [0.1, 0.15) is 0 Å². The van der Waals surface area contributed by atoms with Gasteiger partial charge in [-0.1, -0.05) is 170 Å². The van der Waals surface area contributed by atoms with Gasteiger partial charge in [0, 0.05) is 33.8 Å². The van der Waals surface area contributed by atoms with Crippen molar-refractivity contribution in [2.45, 2.75) is 0 Å². The fourth-order valence-electron chi connectivity index (χ4n) is 8.80. The second-order valence-corrected chi connectivity index (χ2v) is 14.3. The maximum atomic E-state index is 5.28. The lowest BCUT2D eigenvalue weighted by Gasteiger charge is -2.17. The van der Waals surface area contributed by atoms with E-state index in [1.807, 2.05) is 0 Å². The van der Waals surface area contributed by atoms with Crippen LogP contribution in [0.15, 0.2) is 206 Å². The van der Waals surface area contributed by atoms with Gasteiger partial charge in [-0.2, -0.15) is 0 Å². The summed E-state index contributed by atoms with van der Waals surface area (Å²) >= 11 is 0. The summed E-state index contributed by atoms with van der Waals surface area (Å²) in [6, 6.07) is 72.3. The van der Waals surface area contributed by atoms with E-state index in [2.05, 4.69) is 211 Å². The first kappa shape index (κ1) is 31.3. The zero-order chi connectivity index (χ0) is 36.3. The molecule has 2 nitrogen and oxygen atoms in total. The first-order valence-electron chi connectivity index (χ1n) is 18.9. The van der Waals surface area contributed by atoms with E-state index in [1.165, 1.54) is 81.9 Å². The Labute approximate surface area is 319 Å². The Bertz CT molecular complexity index is 3160. The standard InChI is InChI=1S/C53H34N2/c1-3-14-35(15-4-1)36-26-28-38(29-27-36)50-43-20-9-11-22-45(43)51(46-23-12-10-21-44(46)50)47-32-30-39(34-54-47)42-24-13-25-48-53(42)52-41-19-8-7-16-37(41)31-33-49(52)55(48)40-17-5-2-6-18-40/h1-34H. The van der Waals surface area contributed by atoms with Crippen LogP contribution in [0.25, 0.3) is 104 Å². The number of para-hydroxylation sites is 1. The number of nitrogens with zero attached hydrogens (tertiary/aromatic N) is 2. The van der Waals surface area contributed by atoms with Crippen LogP contribution in [0.4, 0.5) is 0 Å². The summed E-state index contributed by atoms with van der Waals surface area (Å²) in [5.74, 6) is 0. The quantitative estimate of drug-likeness (QED) is 0.164. The number of pyridine rings is 1. The lowest BCUT2D eigenvalue weighted by Crippen LogP contribution is -1.93. The van der Waals surface area contributed by atoms with E-state index in [1.54, 1.807) is 0 Å². The Morgan fingerprint density at radius 3 is 1.55 bits per heavy atom. The van der Waals surface area contributed by atoms with E-state index >= 15 is 0 Å². The molecule has 2 heteroatoms. The fraction of sp³-hybridized carbons (Fsp3) is 0. The molecule has 11 rings (SSSR count). The zero-order valence-electron chi connectivity index (χ0n) is 30.0. The second-order valence-electron chi connectivity index (χ2n) is 14.3. The number of benzene rings is 9. The van der Waals surface area contributed by atoms with Crippen LogP contribution in [0, 0.1) is 0 Å². The van der Waals surface area contributed by atoms with Crippen LogP contribution < -0.4 is 0 Å². The number of hydrogen-bond donors (Lipinski definition) is 0. The minimum atomic E-state index is 0.964. The van der Waals surface area contributed by atoms with E-state index in [9.17, 15) is 0 Å². The Balaban J connectivity index is 1.09. The van der Waals surface area contributed by atoms with E-state index in [0.29, 0.717) is 0 Å². The molecule has 11 aromatic rings. The maximum absolute atomic E-state index is 5.28. The average Bonchev–Trinajstić information content (AvgIpc) is 3.61. The van der Waals surface area contributed by atoms with Crippen molar-refractivity contribution in [2.75, 3.05) is 0 Å². The molecule has 0 spiro atoms. The van der Waals surface area contributed by atoms with Gasteiger partial charge in [0.15, 0.2) is 0 Å². The maximum Gasteiger partial charge on any atom is 0.0714 e.